The van der Waals surface area contributed by atoms with Gasteiger partial charge in [0.25, 0.3) is 0 Å². The number of rotatable bonds is 17. The Kier molecular flexibility index (Phi) is 16.4. The van der Waals surface area contributed by atoms with Crippen LogP contribution in [0, 0.1) is 0 Å². The first kappa shape index (κ1) is 31.2. The summed E-state index contributed by atoms with van der Waals surface area (Å²) in [6.45, 7) is 8.09. The van der Waals surface area contributed by atoms with E-state index in [4.69, 9.17) is 9.47 Å². The highest BCUT2D eigenvalue weighted by Gasteiger charge is 2.16. The Balaban J connectivity index is 0.00000612. The molecule has 0 aliphatic heterocycles. The molecule has 0 N–H and O–H groups in total. The van der Waals surface area contributed by atoms with Crippen molar-refractivity contribution in [2.75, 3.05) is 18.6 Å². The average Bonchev–Trinajstić information content (AvgIpc) is 2.86. The minimum absolute atomic E-state index is 0. The number of nitrogens with zero attached hydrogens (tertiary/aromatic N) is 2. The zero-order valence-corrected chi connectivity index (χ0v) is 24.4. The Morgan fingerprint density at radius 3 is 2.00 bits per heavy atom. The van der Waals surface area contributed by atoms with E-state index in [0.717, 1.165) is 30.0 Å². The lowest BCUT2D eigenvalue weighted by Gasteiger charge is -2.22. The first-order valence-corrected chi connectivity index (χ1v) is 13.2. The van der Waals surface area contributed by atoms with Gasteiger partial charge in [0, 0.05) is 30.8 Å². The van der Waals surface area contributed by atoms with Crippen molar-refractivity contribution >= 4 is 11.6 Å². The SMILES string of the molecule is CCCCCCCCCCCCOc1ccc(N(Cc2cc[n+](CC)cc2)C(C)=O)cc1OC.[I-]. The smallest absolute Gasteiger partial charge is 0.224 e. The van der Waals surface area contributed by atoms with Crippen LogP contribution in [0.5, 0.6) is 11.5 Å². The standard InChI is InChI=1S/C29H45N2O3.HI/c1-5-7-8-9-10-11-12-13-14-15-22-34-28-17-16-27(23-29(28)33-4)31(25(3)32)24-26-18-20-30(6-2)21-19-26;/h16-21,23H,5-15,22,24H2,1-4H3;1H/q+1;/p-1. The zero-order valence-electron chi connectivity index (χ0n) is 22.2. The molecule has 5 nitrogen and oxygen atoms in total. The molecule has 0 fully saturated rings. The van der Waals surface area contributed by atoms with Crippen LogP contribution in [0.15, 0.2) is 42.7 Å². The van der Waals surface area contributed by atoms with E-state index in [1.54, 1.807) is 18.9 Å². The summed E-state index contributed by atoms with van der Waals surface area (Å²) in [6, 6.07) is 9.86. The molecule has 6 heteroatoms. The lowest BCUT2D eigenvalue weighted by atomic mass is 10.1. The lowest BCUT2D eigenvalue weighted by molar-refractivity contribution is -0.693. The van der Waals surface area contributed by atoms with Crippen LogP contribution >= 0.6 is 0 Å². The second-order valence-corrected chi connectivity index (χ2v) is 9.01. The number of carbonyl (C=O) groups excluding carboxylic acids is 1. The number of benzene rings is 1. The maximum Gasteiger partial charge on any atom is 0.224 e. The van der Waals surface area contributed by atoms with Crippen LogP contribution in [-0.4, -0.2) is 19.6 Å². The number of methoxy groups -OCH3 is 1. The zero-order chi connectivity index (χ0) is 24.6. The number of ether oxygens (including phenoxy) is 2. The van der Waals surface area contributed by atoms with Crippen LogP contribution in [0.4, 0.5) is 5.69 Å². The first-order valence-electron chi connectivity index (χ1n) is 13.2. The first-order chi connectivity index (χ1) is 16.6. The van der Waals surface area contributed by atoms with Crippen molar-refractivity contribution in [3.8, 4) is 11.5 Å². The second kappa shape index (κ2) is 18.4. The molecule has 0 spiro atoms. The molecular formula is C29H45IN2O3. The molecule has 196 valence electrons. The van der Waals surface area contributed by atoms with Crippen molar-refractivity contribution in [3.05, 3.63) is 48.3 Å². The van der Waals surface area contributed by atoms with Gasteiger partial charge in [-0.25, -0.2) is 4.57 Å². The van der Waals surface area contributed by atoms with E-state index >= 15 is 0 Å². The summed E-state index contributed by atoms with van der Waals surface area (Å²) < 4.78 is 13.7. The quantitative estimate of drug-likeness (QED) is 0.158. The molecule has 1 aromatic carbocycles. The third-order valence-electron chi connectivity index (χ3n) is 6.26. The summed E-state index contributed by atoms with van der Waals surface area (Å²) in [6.07, 6.45) is 17.1. The molecule has 2 rings (SSSR count). The van der Waals surface area contributed by atoms with Crippen molar-refractivity contribution in [3.63, 3.8) is 0 Å². The molecule has 0 aliphatic rings. The Morgan fingerprint density at radius 1 is 0.857 bits per heavy atom. The Morgan fingerprint density at radius 2 is 1.46 bits per heavy atom. The van der Waals surface area contributed by atoms with Crippen molar-refractivity contribution in [2.24, 2.45) is 0 Å². The number of aromatic nitrogens is 1. The Labute approximate surface area is 230 Å². The van der Waals surface area contributed by atoms with Gasteiger partial charge in [0.2, 0.25) is 5.91 Å². The number of hydrogen-bond acceptors (Lipinski definition) is 3. The van der Waals surface area contributed by atoms with Gasteiger partial charge in [0.15, 0.2) is 23.9 Å². The molecule has 35 heavy (non-hydrogen) atoms. The fourth-order valence-corrected chi connectivity index (χ4v) is 4.09. The van der Waals surface area contributed by atoms with Gasteiger partial charge in [-0.15, -0.1) is 0 Å². The van der Waals surface area contributed by atoms with Crippen LogP contribution in [0.1, 0.15) is 90.5 Å². The fraction of sp³-hybridized carbons (Fsp3) is 0.586. The number of halogens is 1. The van der Waals surface area contributed by atoms with Gasteiger partial charge in [-0.05, 0) is 31.0 Å². The molecule has 2 aromatic rings. The highest BCUT2D eigenvalue weighted by Crippen LogP contribution is 2.32. The van der Waals surface area contributed by atoms with Gasteiger partial charge in [0.1, 0.15) is 6.54 Å². The van der Waals surface area contributed by atoms with E-state index < -0.39 is 0 Å². The van der Waals surface area contributed by atoms with Crippen molar-refractivity contribution < 1.29 is 42.8 Å². The summed E-state index contributed by atoms with van der Waals surface area (Å²) >= 11 is 0. The van der Waals surface area contributed by atoms with Crippen LogP contribution in [0.3, 0.4) is 0 Å². The maximum atomic E-state index is 12.4. The number of anilines is 1. The molecule has 0 bridgehead atoms. The minimum Gasteiger partial charge on any atom is -1.00 e. The molecule has 1 heterocycles. The second-order valence-electron chi connectivity index (χ2n) is 9.01. The molecule has 0 saturated heterocycles. The van der Waals surface area contributed by atoms with E-state index in [9.17, 15) is 4.79 Å². The molecule has 0 saturated carbocycles. The van der Waals surface area contributed by atoms with Crippen LogP contribution in [0.2, 0.25) is 0 Å². The molecule has 1 amide bonds. The fourth-order valence-electron chi connectivity index (χ4n) is 4.09. The number of hydrogen-bond donors (Lipinski definition) is 0. The summed E-state index contributed by atoms with van der Waals surface area (Å²) in [5.74, 6) is 1.38. The van der Waals surface area contributed by atoms with Gasteiger partial charge in [0.05, 0.1) is 20.3 Å². The molecule has 0 unspecified atom stereocenters. The van der Waals surface area contributed by atoms with E-state index in [-0.39, 0.29) is 29.9 Å². The van der Waals surface area contributed by atoms with Crippen LogP contribution in [-0.2, 0) is 17.9 Å². The van der Waals surface area contributed by atoms with E-state index in [1.807, 2.05) is 30.6 Å². The van der Waals surface area contributed by atoms with E-state index in [2.05, 4.69) is 30.5 Å². The Hall–Kier alpha value is -1.83. The van der Waals surface area contributed by atoms with Gasteiger partial charge < -0.3 is 38.4 Å². The summed E-state index contributed by atoms with van der Waals surface area (Å²) in [5, 5.41) is 0. The molecule has 0 radical (unpaired) electrons. The molecule has 0 atom stereocenters. The highest BCUT2D eigenvalue weighted by atomic mass is 127. The minimum atomic E-state index is -0.00620. The predicted molar refractivity (Wildman–Crippen MR) is 140 cm³/mol. The van der Waals surface area contributed by atoms with E-state index in [1.165, 1.54) is 57.8 Å². The summed E-state index contributed by atoms with van der Waals surface area (Å²) in [5.41, 5.74) is 1.89. The topological polar surface area (TPSA) is 42.7 Å². The highest BCUT2D eigenvalue weighted by molar-refractivity contribution is 5.91. The summed E-state index contributed by atoms with van der Waals surface area (Å²) in [7, 11) is 1.64. The lowest BCUT2D eigenvalue weighted by Crippen LogP contribution is -3.00. The van der Waals surface area contributed by atoms with Crippen molar-refractivity contribution in [1.29, 1.82) is 0 Å². The largest absolute Gasteiger partial charge is 1.00 e. The molecular weight excluding hydrogens is 551 g/mol. The number of pyridine rings is 1. The average molecular weight is 597 g/mol. The monoisotopic (exact) mass is 596 g/mol. The van der Waals surface area contributed by atoms with Crippen molar-refractivity contribution in [2.45, 2.75) is 98.1 Å². The predicted octanol–water partition coefficient (Wildman–Crippen LogP) is 3.86. The van der Waals surface area contributed by atoms with Gasteiger partial charge in [-0.1, -0.05) is 64.7 Å². The van der Waals surface area contributed by atoms with E-state index in [0.29, 0.717) is 18.9 Å². The number of unbranched alkanes of at least 4 members (excludes halogenated alkanes) is 9. The number of carbonyl (C=O) groups is 1. The third kappa shape index (κ3) is 11.6. The molecule has 1 aromatic heterocycles. The summed E-state index contributed by atoms with van der Waals surface area (Å²) in [4.78, 5) is 14.2. The van der Waals surface area contributed by atoms with Crippen LogP contribution in [0.25, 0.3) is 0 Å². The van der Waals surface area contributed by atoms with Gasteiger partial charge in [-0.2, -0.15) is 0 Å². The normalized spacial score (nSPS) is 10.5. The van der Waals surface area contributed by atoms with Gasteiger partial charge in [-0.3, -0.25) is 4.79 Å². The van der Waals surface area contributed by atoms with Crippen molar-refractivity contribution in [1.82, 2.24) is 0 Å². The van der Waals surface area contributed by atoms with Crippen LogP contribution < -0.4 is 42.9 Å². The maximum absolute atomic E-state index is 12.4. The number of aryl methyl sites for hydroxylation is 1. The van der Waals surface area contributed by atoms with Gasteiger partial charge >= 0.3 is 0 Å². The molecule has 0 aliphatic carbocycles. The number of amides is 1. The Bertz CT molecular complexity index is 842. The third-order valence-corrected chi connectivity index (χ3v) is 6.26.